The standard InChI is InChI=1S/C20H25N5O2/c26-19(22-14-17-4-3-13-27-17)18-9-10-21-20(24-18)23-15-5-7-16(8-6-15)25-11-1-2-12-25/h5-10,17H,1-4,11-14H2,(H,22,26)(H,21,23,24). The van der Waals surface area contributed by atoms with E-state index in [1.165, 1.54) is 18.5 Å². The molecule has 0 radical (unpaired) electrons. The van der Waals surface area contributed by atoms with E-state index >= 15 is 0 Å². The quantitative estimate of drug-likeness (QED) is 0.817. The number of rotatable bonds is 6. The Morgan fingerprint density at radius 3 is 2.70 bits per heavy atom. The van der Waals surface area contributed by atoms with Crippen LogP contribution < -0.4 is 15.5 Å². The van der Waals surface area contributed by atoms with Gasteiger partial charge >= 0.3 is 0 Å². The summed E-state index contributed by atoms with van der Waals surface area (Å²) in [7, 11) is 0. The third-order valence-corrected chi connectivity index (χ3v) is 5.00. The maximum atomic E-state index is 12.3. The Morgan fingerprint density at radius 1 is 1.15 bits per heavy atom. The smallest absolute Gasteiger partial charge is 0.270 e. The average Bonchev–Trinajstić information content (AvgIpc) is 3.41. The van der Waals surface area contributed by atoms with Crippen LogP contribution in [-0.4, -0.2) is 48.2 Å². The summed E-state index contributed by atoms with van der Waals surface area (Å²) in [5, 5.41) is 6.05. The number of nitrogens with one attached hydrogen (secondary N) is 2. The predicted molar refractivity (Wildman–Crippen MR) is 105 cm³/mol. The molecular formula is C20H25N5O2. The number of nitrogens with zero attached hydrogens (tertiary/aromatic N) is 3. The van der Waals surface area contributed by atoms with Gasteiger partial charge in [0, 0.05) is 43.8 Å². The van der Waals surface area contributed by atoms with Crippen molar-refractivity contribution in [2.75, 3.05) is 36.5 Å². The molecular weight excluding hydrogens is 342 g/mol. The molecule has 2 saturated heterocycles. The fourth-order valence-electron chi connectivity index (χ4n) is 3.51. The van der Waals surface area contributed by atoms with Crippen LogP contribution in [0, 0.1) is 0 Å². The minimum atomic E-state index is -0.208. The maximum absolute atomic E-state index is 12.3. The van der Waals surface area contributed by atoms with E-state index in [0.29, 0.717) is 18.2 Å². The lowest BCUT2D eigenvalue weighted by molar-refractivity contribution is 0.0853. The van der Waals surface area contributed by atoms with E-state index in [0.717, 1.165) is 38.2 Å². The number of aromatic nitrogens is 2. The lowest BCUT2D eigenvalue weighted by Gasteiger charge is -2.17. The van der Waals surface area contributed by atoms with E-state index in [9.17, 15) is 4.79 Å². The van der Waals surface area contributed by atoms with Crippen molar-refractivity contribution in [2.45, 2.75) is 31.8 Å². The summed E-state index contributed by atoms with van der Waals surface area (Å²) < 4.78 is 5.53. The molecule has 0 aliphatic carbocycles. The number of benzene rings is 1. The average molecular weight is 367 g/mol. The van der Waals surface area contributed by atoms with Crippen LogP contribution in [0.5, 0.6) is 0 Å². The molecule has 1 amide bonds. The van der Waals surface area contributed by atoms with Crippen LogP contribution in [0.2, 0.25) is 0 Å². The Hall–Kier alpha value is -2.67. The number of hydrogen-bond donors (Lipinski definition) is 2. The van der Waals surface area contributed by atoms with Crippen molar-refractivity contribution in [3.05, 3.63) is 42.2 Å². The Labute approximate surface area is 159 Å². The van der Waals surface area contributed by atoms with E-state index in [-0.39, 0.29) is 12.0 Å². The minimum Gasteiger partial charge on any atom is -0.376 e. The van der Waals surface area contributed by atoms with Gasteiger partial charge in [-0.1, -0.05) is 0 Å². The van der Waals surface area contributed by atoms with Crippen LogP contribution >= 0.6 is 0 Å². The minimum absolute atomic E-state index is 0.113. The molecule has 7 heteroatoms. The summed E-state index contributed by atoms with van der Waals surface area (Å²) in [5.41, 5.74) is 2.48. The van der Waals surface area contributed by atoms with E-state index in [1.54, 1.807) is 12.3 Å². The highest BCUT2D eigenvalue weighted by molar-refractivity contribution is 5.92. The molecule has 1 aromatic heterocycles. The van der Waals surface area contributed by atoms with Gasteiger partial charge in [0.2, 0.25) is 5.95 Å². The van der Waals surface area contributed by atoms with Crippen molar-refractivity contribution in [1.29, 1.82) is 0 Å². The molecule has 27 heavy (non-hydrogen) atoms. The summed E-state index contributed by atoms with van der Waals surface area (Å²) in [4.78, 5) is 23.2. The summed E-state index contributed by atoms with van der Waals surface area (Å²) in [6.45, 7) is 3.54. The van der Waals surface area contributed by atoms with E-state index in [2.05, 4.69) is 37.6 Å². The third-order valence-electron chi connectivity index (χ3n) is 5.00. The maximum Gasteiger partial charge on any atom is 0.270 e. The molecule has 0 bridgehead atoms. The first kappa shape index (κ1) is 17.7. The van der Waals surface area contributed by atoms with Gasteiger partial charge in [0.15, 0.2) is 0 Å². The van der Waals surface area contributed by atoms with Crippen molar-refractivity contribution >= 4 is 23.2 Å². The van der Waals surface area contributed by atoms with Crippen molar-refractivity contribution in [3.63, 3.8) is 0 Å². The van der Waals surface area contributed by atoms with E-state index in [4.69, 9.17) is 4.74 Å². The van der Waals surface area contributed by atoms with Gasteiger partial charge in [-0.15, -0.1) is 0 Å². The van der Waals surface area contributed by atoms with Crippen LogP contribution in [-0.2, 0) is 4.74 Å². The topological polar surface area (TPSA) is 79.4 Å². The first-order valence-electron chi connectivity index (χ1n) is 9.63. The van der Waals surface area contributed by atoms with Crippen molar-refractivity contribution < 1.29 is 9.53 Å². The summed E-state index contributed by atoms with van der Waals surface area (Å²) in [6.07, 6.45) is 6.27. The first-order chi connectivity index (χ1) is 13.3. The van der Waals surface area contributed by atoms with Crippen molar-refractivity contribution in [3.8, 4) is 0 Å². The van der Waals surface area contributed by atoms with Crippen molar-refractivity contribution in [1.82, 2.24) is 15.3 Å². The number of amides is 1. The molecule has 7 nitrogen and oxygen atoms in total. The molecule has 2 aromatic rings. The second-order valence-corrected chi connectivity index (χ2v) is 6.98. The zero-order chi connectivity index (χ0) is 18.5. The summed E-state index contributed by atoms with van der Waals surface area (Å²) >= 11 is 0. The Balaban J connectivity index is 1.36. The van der Waals surface area contributed by atoms with E-state index < -0.39 is 0 Å². The summed E-state index contributed by atoms with van der Waals surface area (Å²) in [6, 6.07) is 9.85. The van der Waals surface area contributed by atoms with Crippen LogP contribution in [0.25, 0.3) is 0 Å². The molecule has 142 valence electrons. The third kappa shape index (κ3) is 4.54. The van der Waals surface area contributed by atoms with Gasteiger partial charge < -0.3 is 20.3 Å². The van der Waals surface area contributed by atoms with Gasteiger partial charge in [-0.25, -0.2) is 9.97 Å². The van der Waals surface area contributed by atoms with Crippen LogP contribution in [0.15, 0.2) is 36.5 Å². The molecule has 1 unspecified atom stereocenters. The second-order valence-electron chi connectivity index (χ2n) is 6.98. The SMILES string of the molecule is O=C(NCC1CCCO1)c1ccnc(Nc2ccc(N3CCCC3)cc2)n1. The molecule has 4 rings (SSSR count). The Bertz CT molecular complexity index is 768. The second kappa shape index (κ2) is 8.35. The van der Waals surface area contributed by atoms with Gasteiger partial charge in [-0.05, 0) is 56.0 Å². The lowest BCUT2D eigenvalue weighted by atomic mass is 10.2. The zero-order valence-electron chi connectivity index (χ0n) is 15.4. The molecule has 2 fully saturated rings. The molecule has 0 spiro atoms. The highest BCUT2D eigenvalue weighted by Crippen LogP contribution is 2.23. The molecule has 1 aromatic carbocycles. The van der Waals surface area contributed by atoms with E-state index in [1.807, 2.05) is 12.1 Å². The van der Waals surface area contributed by atoms with Crippen LogP contribution in [0.1, 0.15) is 36.2 Å². The number of hydrogen-bond acceptors (Lipinski definition) is 6. The number of carbonyl (C=O) groups excluding carboxylic acids is 1. The Morgan fingerprint density at radius 2 is 1.96 bits per heavy atom. The largest absolute Gasteiger partial charge is 0.376 e. The molecule has 2 aliphatic heterocycles. The fourth-order valence-corrected chi connectivity index (χ4v) is 3.51. The van der Waals surface area contributed by atoms with Gasteiger partial charge in [-0.2, -0.15) is 0 Å². The first-order valence-corrected chi connectivity index (χ1v) is 9.63. The lowest BCUT2D eigenvalue weighted by Crippen LogP contribution is -2.32. The molecule has 3 heterocycles. The van der Waals surface area contributed by atoms with Crippen molar-refractivity contribution in [2.24, 2.45) is 0 Å². The molecule has 2 aliphatic rings. The molecule has 1 atom stereocenters. The predicted octanol–water partition coefficient (Wildman–Crippen LogP) is 2.73. The van der Waals surface area contributed by atoms with Gasteiger partial charge in [-0.3, -0.25) is 4.79 Å². The number of carbonyl (C=O) groups is 1. The summed E-state index contributed by atoms with van der Waals surface area (Å²) in [5.74, 6) is 0.203. The van der Waals surface area contributed by atoms with Crippen LogP contribution in [0.4, 0.5) is 17.3 Å². The highest BCUT2D eigenvalue weighted by atomic mass is 16.5. The number of anilines is 3. The van der Waals surface area contributed by atoms with Crippen LogP contribution in [0.3, 0.4) is 0 Å². The van der Waals surface area contributed by atoms with Gasteiger partial charge in [0.1, 0.15) is 5.69 Å². The molecule has 2 N–H and O–H groups in total. The molecule has 0 saturated carbocycles. The monoisotopic (exact) mass is 367 g/mol. The highest BCUT2D eigenvalue weighted by Gasteiger charge is 2.17. The zero-order valence-corrected chi connectivity index (χ0v) is 15.4. The van der Waals surface area contributed by atoms with Gasteiger partial charge in [0.25, 0.3) is 5.91 Å². The number of ether oxygens (including phenoxy) is 1. The fraction of sp³-hybridized carbons (Fsp3) is 0.450. The Kier molecular flexibility index (Phi) is 5.48. The van der Waals surface area contributed by atoms with Gasteiger partial charge in [0.05, 0.1) is 6.10 Å². The normalized spacial score (nSPS) is 19.3.